The molecule has 2 aliphatic heterocycles. The number of aryl methyl sites for hydroxylation is 1. The number of hydrogen-bond acceptors (Lipinski definition) is 7. The number of benzene rings is 2. The lowest BCUT2D eigenvalue weighted by Crippen LogP contribution is -2.53. The molecule has 0 bridgehead atoms. The summed E-state index contributed by atoms with van der Waals surface area (Å²) in [5.41, 5.74) is 0.976. The lowest BCUT2D eigenvalue weighted by molar-refractivity contribution is -0.140. The van der Waals surface area contributed by atoms with Crippen LogP contribution in [0.15, 0.2) is 41.3 Å². The van der Waals surface area contributed by atoms with E-state index in [0.717, 1.165) is 16.4 Å². The van der Waals surface area contributed by atoms with Crippen LogP contribution in [-0.4, -0.2) is 57.3 Å². The summed E-state index contributed by atoms with van der Waals surface area (Å²) in [4.78, 5) is 24.4. The Morgan fingerprint density at radius 2 is 1.85 bits per heavy atom. The number of nitrogens with zero attached hydrogens (tertiary/aromatic N) is 1. The van der Waals surface area contributed by atoms with Crippen LogP contribution in [0.5, 0.6) is 11.5 Å². The Bertz CT molecular complexity index is 1200. The first kappa shape index (κ1) is 23.9. The highest BCUT2D eigenvalue weighted by Gasteiger charge is 2.35. The van der Waals surface area contributed by atoms with Crippen molar-refractivity contribution in [3.05, 3.63) is 53.3 Å². The average Bonchev–Trinajstić information content (AvgIpc) is 3.29. The molecule has 0 saturated carbocycles. The van der Waals surface area contributed by atoms with Gasteiger partial charge in [-0.1, -0.05) is 6.07 Å². The maximum absolute atomic E-state index is 13.4. The van der Waals surface area contributed by atoms with Gasteiger partial charge in [-0.15, -0.1) is 0 Å². The van der Waals surface area contributed by atoms with Gasteiger partial charge in [0.25, 0.3) is 0 Å². The summed E-state index contributed by atoms with van der Waals surface area (Å²) in [5, 5.41) is 4.92. The van der Waals surface area contributed by atoms with Crippen molar-refractivity contribution in [1.82, 2.24) is 14.9 Å². The van der Waals surface area contributed by atoms with E-state index in [1.807, 2.05) is 0 Å². The number of nitrogens with one attached hydrogen (secondary N) is 2. The molecule has 10 nitrogen and oxygen atoms in total. The SMILES string of the molecule is Cc1cc(F)ccc1S(=O)(=O)N1CCCO[C@@H]1CNC(=O)C(=O)NCc1ccc2c(c1)OCO2. The summed E-state index contributed by atoms with van der Waals surface area (Å²) in [7, 11) is -4.01. The van der Waals surface area contributed by atoms with Crippen molar-refractivity contribution in [3.63, 3.8) is 0 Å². The van der Waals surface area contributed by atoms with Crippen LogP contribution < -0.4 is 20.1 Å². The number of amides is 2. The third-order valence-electron chi connectivity index (χ3n) is 5.41. The predicted molar refractivity (Wildman–Crippen MR) is 117 cm³/mol. The van der Waals surface area contributed by atoms with Gasteiger partial charge in [0.2, 0.25) is 16.8 Å². The number of carbonyl (C=O) groups is 2. The van der Waals surface area contributed by atoms with Crippen molar-refractivity contribution in [2.75, 3.05) is 26.5 Å². The maximum atomic E-state index is 13.4. The number of halogens is 1. The summed E-state index contributed by atoms with van der Waals surface area (Å²) in [6.45, 7) is 1.95. The molecule has 2 aromatic carbocycles. The highest BCUT2D eigenvalue weighted by atomic mass is 32.2. The third-order valence-corrected chi connectivity index (χ3v) is 7.46. The van der Waals surface area contributed by atoms with Gasteiger partial charge in [-0.25, -0.2) is 12.8 Å². The summed E-state index contributed by atoms with van der Waals surface area (Å²) in [5.74, 6) is -1.18. The number of sulfonamides is 1. The van der Waals surface area contributed by atoms with Crippen molar-refractivity contribution >= 4 is 21.8 Å². The van der Waals surface area contributed by atoms with Crippen LogP contribution >= 0.6 is 0 Å². The highest BCUT2D eigenvalue weighted by Crippen LogP contribution is 2.32. The summed E-state index contributed by atoms with van der Waals surface area (Å²) in [6.07, 6.45) is -0.547. The van der Waals surface area contributed by atoms with Gasteiger partial charge in [0.1, 0.15) is 12.0 Å². The summed E-state index contributed by atoms with van der Waals surface area (Å²) in [6, 6.07) is 8.57. The van der Waals surface area contributed by atoms with Crippen molar-refractivity contribution in [1.29, 1.82) is 0 Å². The minimum Gasteiger partial charge on any atom is -0.454 e. The lowest BCUT2D eigenvalue weighted by Gasteiger charge is -2.34. The molecule has 4 rings (SSSR count). The minimum absolute atomic E-state index is 0.0443. The molecule has 0 unspecified atom stereocenters. The number of ether oxygens (including phenoxy) is 3. The van der Waals surface area contributed by atoms with E-state index in [2.05, 4.69) is 10.6 Å². The van der Waals surface area contributed by atoms with E-state index < -0.39 is 33.9 Å². The van der Waals surface area contributed by atoms with Gasteiger partial charge in [-0.2, -0.15) is 4.31 Å². The van der Waals surface area contributed by atoms with Crippen LogP contribution in [0.25, 0.3) is 0 Å². The molecular weight excluding hydrogens is 469 g/mol. The van der Waals surface area contributed by atoms with Gasteiger partial charge >= 0.3 is 11.8 Å². The predicted octanol–water partition coefficient (Wildman–Crippen LogP) is 1.03. The monoisotopic (exact) mass is 493 g/mol. The van der Waals surface area contributed by atoms with Crippen LogP contribution in [-0.2, 0) is 30.9 Å². The van der Waals surface area contributed by atoms with Crippen molar-refractivity contribution in [3.8, 4) is 11.5 Å². The molecule has 1 atom stereocenters. The number of fused-ring (bicyclic) bond motifs is 1. The number of carbonyl (C=O) groups excluding carboxylic acids is 2. The van der Waals surface area contributed by atoms with E-state index in [-0.39, 0.29) is 36.9 Å². The fraction of sp³-hybridized carbons (Fsp3) is 0.364. The Morgan fingerprint density at radius 3 is 2.65 bits per heavy atom. The molecule has 1 saturated heterocycles. The van der Waals surface area contributed by atoms with Crippen molar-refractivity contribution in [2.24, 2.45) is 0 Å². The fourth-order valence-electron chi connectivity index (χ4n) is 3.70. The third kappa shape index (κ3) is 5.13. The van der Waals surface area contributed by atoms with E-state index in [0.29, 0.717) is 30.1 Å². The van der Waals surface area contributed by atoms with Gasteiger partial charge in [0.15, 0.2) is 11.5 Å². The molecule has 182 valence electrons. The van der Waals surface area contributed by atoms with Gasteiger partial charge in [0.05, 0.1) is 18.0 Å². The standard InChI is InChI=1S/C22H24FN3O7S/c1-14-9-16(23)4-6-19(14)34(29,30)26-7-2-8-31-20(26)12-25-22(28)21(27)24-11-15-3-5-17-18(10-15)33-13-32-17/h3-6,9-10,20H,2,7-8,11-13H2,1H3,(H,24,27)(H,25,28)/t20-/m1/s1. The molecule has 34 heavy (non-hydrogen) atoms. The molecule has 0 spiro atoms. The number of rotatable bonds is 6. The minimum atomic E-state index is -4.01. The van der Waals surface area contributed by atoms with Crippen LogP contribution in [0.2, 0.25) is 0 Å². The van der Waals surface area contributed by atoms with E-state index in [4.69, 9.17) is 14.2 Å². The topological polar surface area (TPSA) is 123 Å². The van der Waals surface area contributed by atoms with E-state index in [1.165, 1.54) is 13.0 Å². The Labute approximate surface area is 196 Å². The largest absolute Gasteiger partial charge is 0.454 e. The maximum Gasteiger partial charge on any atom is 0.309 e. The van der Waals surface area contributed by atoms with Crippen LogP contribution in [0.1, 0.15) is 17.5 Å². The van der Waals surface area contributed by atoms with Crippen molar-refractivity contribution in [2.45, 2.75) is 31.0 Å². The molecule has 2 N–H and O–H groups in total. The van der Waals surface area contributed by atoms with E-state index in [9.17, 15) is 22.4 Å². The zero-order valence-corrected chi connectivity index (χ0v) is 19.2. The van der Waals surface area contributed by atoms with Gasteiger partial charge in [-0.05, 0) is 54.8 Å². The van der Waals surface area contributed by atoms with Gasteiger partial charge in [-0.3, -0.25) is 9.59 Å². The molecule has 2 aromatic rings. The van der Waals surface area contributed by atoms with Crippen molar-refractivity contribution < 1.29 is 36.6 Å². The zero-order chi connectivity index (χ0) is 24.3. The van der Waals surface area contributed by atoms with Crippen LogP contribution in [0.3, 0.4) is 0 Å². The Kier molecular flexibility index (Phi) is 7.00. The molecule has 2 aliphatic rings. The van der Waals surface area contributed by atoms with E-state index >= 15 is 0 Å². The first-order valence-corrected chi connectivity index (χ1v) is 12.0. The second-order valence-electron chi connectivity index (χ2n) is 7.78. The lowest BCUT2D eigenvalue weighted by atomic mass is 10.2. The Morgan fingerprint density at radius 1 is 1.09 bits per heavy atom. The summed E-state index contributed by atoms with van der Waals surface area (Å²) < 4.78 is 56.9. The van der Waals surface area contributed by atoms with Gasteiger partial charge < -0.3 is 24.8 Å². The zero-order valence-electron chi connectivity index (χ0n) is 18.4. The molecule has 0 aromatic heterocycles. The molecule has 1 fully saturated rings. The summed E-state index contributed by atoms with van der Waals surface area (Å²) >= 11 is 0. The molecule has 12 heteroatoms. The highest BCUT2D eigenvalue weighted by molar-refractivity contribution is 7.89. The molecule has 2 amide bonds. The molecule has 2 heterocycles. The second kappa shape index (κ2) is 9.95. The van der Waals surface area contributed by atoms with Gasteiger partial charge in [0, 0.05) is 13.1 Å². The first-order chi connectivity index (χ1) is 16.3. The van der Waals surface area contributed by atoms with Crippen LogP contribution in [0.4, 0.5) is 4.39 Å². The molecule has 0 aliphatic carbocycles. The normalized spacial score (nSPS) is 17.9. The first-order valence-electron chi connectivity index (χ1n) is 10.6. The fourth-order valence-corrected chi connectivity index (χ4v) is 5.48. The Hall–Kier alpha value is -3.22. The quantitative estimate of drug-likeness (QED) is 0.576. The molecular formula is C22H24FN3O7S. The molecule has 0 radical (unpaired) electrons. The average molecular weight is 494 g/mol. The number of hydrogen-bond donors (Lipinski definition) is 2. The smallest absolute Gasteiger partial charge is 0.309 e. The van der Waals surface area contributed by atoms with E-state index in [1.54, 1.807) is 18.2 Å². The Balaban J connectivity index is 1.35. The van der Waals surface area contributed by atoms with Crippen LogP contribution in [0, 0.1) is 12.7 Å². The second-order valence-corrected chi connectivity index (χ2v) is 9.64.